The fraction of sp³-hybridized carbons (Fsp3) is 0.640. The molecule has 192 valence electrons. The molecule has 0 saturated carbocycles. The van der Waals surface area contributed by atoms with Crippen LogP contribution >= 0.6 is 0 Å². The van der Waals surface area contributed by atoms with Gasteiger partial charge in [-0.1, -0.05) is 18.8 Å². The number of rotatable bonds is 7. The maximum absolute atomic E-state index is 13.4. The number of fused-ring (bicyclic) bond motifs is 1. The lowest BCUT2D eigenvalue weighted by Crippen LogP contribution is -2.51. The number of carbonyl (C=O) groups excluding carboxylic acids is 2. The molecule has 3 rings (SSSR count). The minimum absolute atomic E-state index is 0.00151. The molecule has 1 aromatic rings. The van der Waals surface area contributed by atoms with Gasteiger partial charge in [0.05, 0.1) is 39.0 Å². The highest BCUT2D eigenvalue weighted by Crippen LogP contribution is 2.27. The molecular formula is C25H36N4O6. The molecule has 3 atom stereocenters. The highest BCUT2D eigenvalue weighted by Gasteiger charge is 2.34. The van der Waals surface area contributed by atoms with Gasteiger partial charge in [-0.15, -0.1) is 0 Å². The molecule has 0 aliphatic carbocycles. The number of methoxy groups -OCH3 is 1. The van der Waals surface area contributed by atoms with Gasteiger partial charge in [0.2, 0.25) is 11.8 Å². The Bertz CT molecular complexity index is 940. The highest BCUT2D eigenvalue weighted by molar-refractivity contribution is 5.97. The van der Waals surface area contributed by atoms with Gasteiger partial charge in [0.15, 0.2) is 0 Å². The van der Waals surface area contributed by atoms with E-state index < -0.39 is 6.10 Å². The number of likely N-dealkylation sites (N-methyl/N-ethyl adjacent to an activating group) is 1. The van der Waals surface area contributed by atoms with Gasteiger partial charge < -0.3 is 29.1 Å². The summed E-state index contributed by atoms with van der Waals surface area (Å²) in [6.45, 7) is 7.65. The van der Waals surface area contributed by atoms with Gasteiger partial charge in [0, 0.05) is 51.5 Å². The van der Waals surface area contributed by atoms with Crippen LogP contribution in [-0.4, -0.2) is 122 Å². The fourth-order valence-electron chi connectivity index (χ4n) is 4.04. The topological polar surface area (TPSA) is 105 Å². The third-order valence-corrected chi connectivity index (χ3v) is 6.31. The molecule has 10 heteroatoms. The van der Waals surface area contributed by atoms with Crippen LogP contribution < -0.4 is 4.74 Å². The Hall–Kier alpha value is -2.71. The van der Waals surface area contributed by atoms with Crippen LogP contribution in [0.5, 0.6) is 5.88 Å². The predicted molar refractivity (Wildman–Crippen MR) is 129 cm³/mol. The smallest absolute Gasteiger partial charge is 0.259 e. The first-order valence-corrected chi connectivity index (χ1v) is 11.9. The van der Waals surface area contributed by atoms with Crippen LogP contribution in [0.15, 0.2) is 12.3 Å². The van der Waals surface area contributed by atoms with E-state index in [4.69, 9.17) is 14.2 Å². The van der Waals surface area contributed by atoms with E-state index in [2.05, 4.69) is 21.7 Å². The maximum Gasteiger partial charge on any atom is 0.259 e. The molecule has 1 fully saturated rings. The monoisotopic (exact) mass is 488 g/mol. The molecule has 2 amide bonds. The van der Waals surface area contributed by atoms with Crippen LogP contribution in [-0.2, 0) is 14.3 Å². The standard InChI is InChI=1S/C25H36N4O6/c1-18-14-29(19(2)17-30)25(32)21-12-20(6-5-9-33-4)13-26-24(21)35-22(18)15-27(3)23(31)16-28-7-10-34-11-8-28/h12-13,18-19,22,30H,7-11,14-17H2,1-4H3/t18-,19+,22-/m0/s1. The molecule has 0 spiro atoms. The number of hydrogen-bond acceptors (Lipinski definition) is 8. The molecule has 1 N–H and O–H groups in total. The molecule has 0 aromatic carbocycles. The van der Waals surface area contributed by atoms with Gasteiger partial charge in [-0.25, -0.2) is 4.98 Å². The number of amides is 2. The number of pyridine rings is 1. The van der Waals surface area contributed by atoms with Gasteiger partial charge >= 0.3 is 0 Å². The summed E-state index contributed by atoms with van der Waals surface area (Å²) in [5, 5.41) is 9.80. The largest absolute Gasteiger partial charge is 0.472 e. The first-order valence-electron chi connectivity index (χ1n) is 11.9. The number of ether oxygens (including phenoxy) is 3. The van der Waals surface area contributed by atoms with Crippen molar-refractivity contribution in [3.05, 3.63) is 23.4 Å². The van der Waals surface area contributed by atoms with Crippen molar-refractivity contribution >= 4 is 11.8 Å². The Labute approximate surface area is 207 Å². The van der Waals surface area contributed by atoms with Crippen molar-refractivity contribution in [1.29, 1.82) is 0 Å². The SMILES string of the molecule is COCC#Cc1cnc2c(c1)C(=O)N([C@H](C)CO)C[C@H](C)[C@H](CN(C)C(=O)CN1CCOCC1)O2. The van der Waals surface area contributed by atoms with Crippen LogP contribution in [0.25, 0.3) is 0 Å². The molecule has 2 aliphatic heterocycles. The van der Waals surface area contributed by atoms with Gasteiger partial charge in [0.25, 0.3) is 5.91 Å². The van der Waals surface area contributed by atoms with Gasteiger partial charge in [0.1, 0.15) is 18.3 Å². The zero-order valence-electron chi connectivity index (χ0n) is 21.0. The normalized spacial score (nSPS) is 21.6. The Morgan fingerprint density at radius 2 is 2.14 bits per heavy atom. The Balaban J connectivity index is 1.83. The van der Waals surface area contributed by atoms with Crippen molar-refractivity contribution in [2.75, 3.05) is 73.3 Å². The van der Waals surface area contributed by atoms with E-state index in [0.717, 1.165) is 13.1 Å². The van der Waals surface area contributed by atoms with E-state index in [-0.39, 0.29) is 48.4 Å². The molecule has 0 radical (unpaired) electrons. The summed E-state index contributed by atoms with van der Waals surface area (Å²) in [5.74, 6) is 5.62. The van der Waals surface area contributed by atoms with Crippen LogP contribution in [0.2, 0.25) is 0 Å². The average Bonchev–Trinajstić information content (AvgIpc) is 2.86. The number of carbonyl (C=O) groups is 2. The van der Waals surface area contributed by atoms with Crippen molar-refractivity contribution in [2.24, 2.45) is 5.92 Å². The van der Waals surface area contributed by atoms with E-state index in [0.29, 0.717) is 38.4 Å². The molecule has 1 aromatic heterocycles. The molecule has 10 nitrogen and oxygen atoms in total. The quantitative estimate of drug-likeness (QED) is 0.539. The van der Waals surface area contributed by atoms with E-state index in [1.54, 1.807) is 43.1 Å². The van der Waals surface area contributed by atoms with E-state index in [1.165, 1.54) is 0 Å². The van der Waals surface area contributed by atoms with Crippen molar-refractivity contribution < 1.29 is 28.9 Å². The van der Waals surface area contributed by atoms with Crippen LogP contribution in [0, 0.1) is 17.8 Å². The molecule has 1 saturated heterocycles. The lowest BCUT2D eigenvalue weighted by molar-refractivity contribution is -0.133. The molecule has 2 aliphatic rings. The average molecular weight is 489 g/mol. The van der Waals surface area contributed by atoms with Crippen molar-refractivity contribution in [3.63, 3.8) is 0 Å². The number of aliphatic hydroxyl groups excluding tert-OH is 1. The third kappa shape index (κ3) is 7.15. The zero-order valence-corrected chi connectivity index (χ0v) is 21.0. The van der Waals surface area contributed by atoms with E-state index in [1.807, 2.05) is 6.92 Å². The van der Waals surface area contributed by atoms with E-state index in [9.17, 15) is 14.7 Å². The van der Waals surface area contributed by atoms with Crippen molar-refractivity contribution in [2.45, 2.75) is 26.0 Å². The number of nitrogens with zero attached hydrogens (tertiary/aromatic N) is 4. The van der Waals surface area contributed by atoms with Crippen molar-refractivity contribution in [3.8, 4) is 17.7 Å². The summed E-state index contributed by atoms with van der Waals surface area (Å²) < 4.78 is 16.6. The Morgan fingerprint density at radius 3 is 2.83 bits per heavy atom. The summed E-state index contributed by atoms with van der Waals surface area (Å²) in [5.41, 5.74) is 0.853. The second kappa shape index (κ2) is 12.8. The van der Waals surface area contributed by atoms with Crippen LogP contribution in [0.4, 0.5) is 0 Å². The second-order valence-electron chi connectivity index (χ2n) is 9.10. The summed E-state index contributed by atoms with van der Waals surface area (Å²) in [7, 11) is 3.32. The molecule has 3 heterocycles. The summed E-state index contributed by atoms with van der Waals surface area (Å²) in [6.07, 6.45) is 1.16. The van der Waals surface area contributed by atoms with Crippen molar-refractivity contribution in [1.82, 2.24) is 19.7 Å². The van der Waals surface area contributed by atoms with E-state index >= 15 is 0 Å². The predicted octanol–water partition coefficient (Wildman–Crippen LogP) is 0.0902. The van der Waals surface area contributed by atoms with Crippen LogP contribution in [0.1, 0.15) is 29.8 Å². The fourth-order valence-corrected chi connectivity index (χ4v) is 4.04. The Kier molecular flexibility index (Phi) is 9.86. The minimum atomic E-state index is -0.396. The zero-order chi connectivity index (χ0) is 25.4. The first kappa shape index (κ1) is 26.9. The second-order valence-corrected chi connectivity index (χ2v) is 9.10. The number of aromatic nitrogens is 1. The minimum Gasteiger partial charge on any atom is -0.472 e. The first-order chi connectivity index (χ1) is 16.8. The van der Waals surface area contributed by atoms with Gasteiger partial charge in [-0.05, 0) is 13.0 Å². The highest BCUT2D eigenvalue weighted by atomic mass is 16.5. The lowest BCUT2D eigenvalue weighted by Gasteiger charge is -2.38. The molecule has 0 bridgehead atoms. The number of aliphatic hydroxyl groups is 1. The summed E-state index contributed by atoms with van der Waals surface area (Å²) in [4.78, 5) is 36.1. The third-order valence-electron chi connectivity index (χ3n) is 6.31. The molecule has 35 heavy (non-hydrogen) atoms. The number of morpholine rings is 1. The molecular weight excluding hydrogens is 452 g/mol. The lowest BCUT2D eigenvalue weighted by atomic mass is 10.00. The Morgan fingerprint density at radius 1 is 1.40 bits per heavy atom. The summed E-state index contributed by atoms with van der Waals surface area (Å²) >= 11 is 0. The van der Waals surface area contributed by atoms with Gasteiger partial charge in [-0.2, -0.15) is 0 Å². The summed E-state index contributed by atoms with van der Waals surface area (Å²) in [6, 6.07) is 1.27. The van der Waals surface area contributed by atoms with Crippen LogP contribution in [0.3, 0.4) is 0 Å². The maximum atomic E-state index is 13.4. The number of hydrogen-bond donors (Lipinski definition) is 1. The molecule has 0 unspecified atom stereocenters. The van der Waals surface area contributed by atoms with Gasteiger partial charge in [-0.3, -0.25) is 14.5 Å².